The van der Waals surface area contributed by atoms with Crippen LogP contribution in [0.5, 0.6) is 0 Å². The summed E-state index contributed by atoms with van der Waals surface area (Å²) in [5, 5.41) is 19.6. The Kier molecular flexibility index (Phi) is 6.29. The van der Waals surface area contributed by atoms with E-state index in [9.17, 15) is 9.90 Å². The Balaban J connectivity index is 1.70. The zero-order chi connectivity index (χ0) is 15.1. The molecule has 6 nitrogen and oxygen atoms in total. The lowest BCUT2D eigenvalue weighted by Crippen LogP contribution is -2.52. The number of hydrogen-bond donors (Lipinski definition) is 4. The van der Waals surface area contributed by atoms with E-state index in [2.05, 4.69) is 20.9 Å². The number of guanidine groups is 1. The second-order valence-electron chi connectivity index (χ2n) is 6.10. The van der Waals surface area contributed by atoms with Crippen molar-refractivity contribution >= 4 is 11.9 Å². The SMILES string of the molecule is CN=C(NCC(O)C1CCCCC1)NC1CCC(=O)NC1. The van der Waals surface area contributed by atoms with Gasteiger partial charge in [-0.15, -0.1) is 0 Å². The highest BCUT2D eigenvalue weighted by Crippen LogP contribution is 2.26. The van der Waals surface area contributed by atoms with E-state index in [-0.39, 0.29) is 18.1 Å². The van der Waals surface area contributed by atoms with E-state index < -0.39 is 0 Å². The third-order valence-corrected chi connectivity index (χ3v) is 4.50. The quantitative estimate of drug-likeness (QED) is 0.446. The summed E-state index contributed by atoms with van der Waals surface area (Å²) in [7, 11) is 1.73. The number of hydrogen-bond acceptors (Lipinski definition) is 3. The van der Waals surface area contributed by atoms with Gasteiger partial charge in [-0.2, -0.15) is 0 Å². The second kappa shape index (κ2) is 8.22. The summed E-state index contributed by atoms with van der Waals surface area (Å²) >= 11 is 0. The van der Waals surface area contributed by atoms with Crippen LogP contribution in [0.2, 0.25) is 0 Å². The normalized spacial score (nSPS) is 26.1. The van der Waals surface area contributed by atoms with E-state index in [1.54, 1.807) is 7.05 Å². The van der Waals surface area contributed by atoms with Crippen molar-refractivity contribution in [2.75, 3.05) is 20.1 Å². The van der Waals surface area contributed by atoms with Crippen LogP contribution in [0.25, 0.3) is 0 Å². The molecule has 21 heavy (non-hydrogen) atoms. The summed E-state index contributed by atoms with van der Waals surface area (Å²) in [6, 6.07) is 0.209. The minimum absolute atomic E-state index is 0.115. The van der Waals surface area contributed by atoms with Crippen LogP contribution in [-0.2, 0) is 4.79 Å². The average Bonchev–Trinajstić information content (AvgIpc) is 2.53. The predicted molar refractivity (Wildman–Crippen MR) is 83.1 cm³/mol. The summed E-state index contributed by atoms with van der Waals surface area (Å²) in [5.41, 5.74) is 0. The first-order valence-electron chi connectivity index (χ1n) is 8.11. The predicted octanol–water partition coefficient (Wildman–Crippen LogP) is 0.371. The third kappa shape index (κ3) is 5.19. The molecule has 2 unspecified atom stereocenters. The molecule has 0 aromatic heterocycles. The maximum atomic E-state index is 11.1. The summed E-state index contributed by atoms with van der Waals surface area (Å²) in [5.74, 6) is 1.23. The van der Waals surface area contributed by atoms with Crippen LogP contribution in [0.3, 0.4) is 0 Å². The Morgan fingerprint density at radius 2 is 2.14 bits per heavy atom. The summed E-state index contributed by atoms with van der Waals surface area (Å²) in [6.07, 6.45) is 7.08. The molecule has 2 aliphatic rings. The molecule has 120 valence electrons. The van der Waals surface area contributed by atoms with Gasteiger partial charge in [0.25, 0.3) is 0 Å². The molecule has 1 aliphatic heterocycles. The molecule has 1 heterocycles. The van der Waals surface area contributed by atoms with Gasteiger partial charge in [-0.25, -0.2) is 0 Å². The Morgan fingerprint density at radius 3 is 2.76 bits per heavy atom. The van der Waals surface area contributed by atoms with E-state index in [1.165, 1.54) is 19.3 Å². The molecule has 2 rings (SSSR count). The van der Waals surface area contributed by atoms with Crippen molar-refractivity contribution in [1.29, 1.82) is 0 Å². The van der Waals surface area contributed by atoms with Crippen molar-refractivity contribution in [3.05, 3.63) is 0 Å². The minimum atomic E-state index is -0.310. The second-order valence-corrected chi connectivity index (χ2v) is 6.10. The van der Waals surface area contributed by atoms with Gasteiger partial charge in [0.2, 0.25) is 5.91 Å². The average molecular weight is 296 g/mol. The number of carbonyl (C=O) groups excluding carboxylic acids is 1. The maximum Gasteiger partial charge on any atom is 0.220 e. The smallest absolute Gasteiger partial charge is 0.220 e. The fourth-order valence-corrected chi connectivity index (χ4v) is 3.13. The van der Waals surface area contributed by atoms with Gasteiger partial charge < -0.3 is 21.1 Å². The molecule has 6 heteroatoms. The maximum absolute atomic E-state index is 11.1. The number of nitrogens with one attached hydrogen (secondary N) is 3. The number of carbonyl (C=O) groups is 1. The third-order valence-electron chi connectivity index (χ3n) is 4.50. The summed E-state index contributed by atoms with van der Waals surface area (Å²) in [4.78, 5) is 15.3. The Bertz CT molecular complexity index is 357. The number of aliphatic hydroxyl groups is 1. The zero-order valence-corrected chi connectivity index (χ0v) is 12.9. The molecule has 1 aliphatic carbocycles. The molecular weight excluding hydrogens is 268 g/mol. The van der Waals surface area contributed by atoms with Crippen LogP contribution < -0.4 is 16.0 Å². The van der Waals surface area contributed by atoms with Gasteiger partial charge in [0.15, 0.2) is 5.96 Å². The molecule has 0 spiro atoms. The van der Waals surface area contributed by atoms with Crippen LogP contribution in [0.1, 0.15) is 44.9 Å². The van der Waals surface area contributed by atoms with Crippen LogP contribution in [0.4, 0.5) is 0 Å². The lowest BCUT2D eigenvalue weighted by atomic mass is 9.85. The van der Waals surface area contributed by atoms with Crippen molar-refractivity contribution < 1.29 is 9.90 Å². The van der Waals surface area contributed by atoms with Gasteiger partial charge in [0.1, 0.15) is 0 Å². The van der Waals surface area contributed by atoms with Gasteiger partial charge in [0, 0.05) is 32.6 Å². The van der Waals surface area contributed by atoms with Crippen LogP contribution in [0.15, 0.2) is 4.99 Å². The Labute approximate surface area is 126 Å². The van der Waals surface area contributed by atoms with E-state index in [1.807, 2.05) is 0 Å². The topological polar surface area (TPSA) is 85.8 Å². The van der Waals surface area contributed by atoms with Crippen molar-refractivity contribution in [2.45, 2.75) is 57.1 Å². The highest BCUT2D eigenvalue weighted by atomic mass is 16.3. The number of nitrogens with zero attached hydrogens (tertiary/aromatic N) is 1. The van der Waals surface area contributed by atoms with Crippen LogP contribution in [-0.4, -0.2) is 49.3 Å². The highest BCUT2D eigenvalue weighted by Gasteiger charge is 2.22. The molecule has 4 N–H and O–H groups in total. The van der Waals surface area contributed by atoms with Crippen molar-refractivity contribution in [3.63, 3.8) is 0 Å². The number of aliphatic imine (C=N–C) groups is 1. The lowest BCUT2D eigenvalue weighted by Gasteiger charge is -2.28. The lowest BCUT2D eigenvalue weighted by molar-refractivity contribution is -0.122. The molecule has 1 saturated heterocycles. The summed E-state index contributed by atoms with van der Waals surface area (Å²) < 4.78 is 0. The Hall–Kier alpha value is -1.30. The van der Waals surface area contributed by atoms with Gasteiger partial charge >= 0.3 is 0 Å². The Morgan fingerprint density at radius 1 is 1.38 bits per heavy atom. The van der Waals surface area contributed by atoms with E-state index in [0.29, 0.717) is 31.4 Å². The largest absolute Gasteiger partial charge is 0.391 e. The fraction of sp³-hybridized carbons (Fsp3) is 0.867. The first kappa shape index (κ1) is 16.1. The van der Waals surface area contributed by atoms with Gasteiger partial charge in [-0.05, 0) is 25.2 Å². The van der Waals surface area contributed by atoms with Crippen LogP contribution >= 0.6 is 0 Å². The molecule has 0 aromatic rings. The molecule has 0 radical (unpaired) electrons. The molecule has 2 fully saturated rings. The van der Waals surface area contributed by atoms with E-state index in [4.69, 9.17) is 0 Å². The van der Waals surface area contributed by atoms with Gasteiger partial charge in [0.05, 0.1) is 6.10 Å². The van der Waals surface area contributed by atoms with Crippen molar-refractivity contribution in [1.82, 2.24) is 16.0 Å². The number of amides is 1. The number of rotatable bonds is 4. The standard InChI is InChI=1S/C15H28N4O2/c1-16-15(19-12-7-8-14(21)17-9-12)18-10-13(20)11-5-3-2-4-6-11/h11-13,20H,2-10H2,1H3,(H,17,21)(H2,16,18,19). The molecule has 0 aromatic carbocycles. The molecule has 1 amide bonds. The van der Waals surface area contributed by atoms with Crippen molar-refractivity contribution in [3.8, 4) is 0 Å². The first-order chi connectivity index (χ1) is 10.2. The molecule has 2 atom stereocenters. The van der Waals surface area contributed by atoms with Gasteiger partial charge in [-0.1, -0.05) is 19.3 Å². The van der Waals surface area contributed by atoms with E-state index in [0.717, 1.165) is 19.3 Å². The molecule has 1 saturated carbocycles. The van der Waals surface area contributed by atoms with Crippen LogP contribution in [0, 0.1) is 5.92 Å². The molecule has 0 bridgehead atoms. The molecular formula is C15H28N4O2. The summed E-state index contributed by atoms with van der Waals surface area (Å²) in [6.45, 7) is 1.16. The fourth-order valence-electron chi connectivity index (χ4n) is 3.13. The minimum Gasteiger partial charge on any atom is -0.391 e. The van der Waals surface area contributed by atoms with Crippen molar-refractivity contribution in [2.24, 2.45) is 10.9 Å². The van der Waals surface area contributed by atoms with Gasteiger partial charge in [-0.3, -0.25) is 9.79 Å². The van der Waals surface area contributed by atoms with E-state index >= 15 is 0 Å². The number of piperidine rings is 1. The zero-order valence-electron chi connectivity index (χ0n) is 12.9. The highest BCUT2D eigenvalue weighted by molar-refractivity contribution is 5.81. The first-order valence-corrected chi connectivity index (χ1v) is 8.11. The monoisotopic (exact) mass is 296 g/mol. The number of aliphatic hydroxyl groups excluding tert-OH is 1.